The molecule has 0 amide bonds. The Hall–Kier alpha value is -1.92. The molecule has 148 valence electrons. The number of carbonyl (C=O) groups is 1. The van der Waals surface area contributed by atoms with E-state index in [2.05, 4.69) is 15.9 Å². The summed E-state index contributed by atoms with van der Waals surface area (Å²) >= 11 is 9.53. The molecular weight excluding hydrogens is 454 g/mol. The number of allylic oxidation sites excluding steroid dienone is 1. The fraction of sp³-hybridized carbons (Fsp3) is 0.286. The molecule has 0 aliphatic heterocycles. The quantitative estimate of drug-likeness (QED) is 0.509. The van der Waals surface area contributed by atoms with Crippen LogP contribution >= 0.6 is 27.5 Å². The number of rotatable bonds is 7. The van der Waals surface area contributed by atoms with Crippen molar-refractivity contribution in [3.05, 3.63) is 68.7 Å². The van der Waals surface area contributed by atoms with Crippen LogP contribution in [0.2, 0.25) is 5.02 Å². The van der Waals surface area contributed by atoms with Gasteiger partial charge in [-0.15, -0.1) is 0 Å². The van der Waals surface area contributed by atoms with Crippen molar-refractivity contribution in [2.45, 2.75) is 31.6 Å². The highest BCUT2D eigenvalue weighted by Gasteiger charge is 2.39. The minimum atomic E-state index is -2.78. The molecule has 7 heteroatoms. The lowest BCUT2D eigenvalue weighted by atomic mass is 10.0. The van der Waals surface area contributed by atoms with Gasteiger partial charge in [-0.05, 0) is 53.0 Å². The predicted molar refractivity (Wildman–Crippen MR) is 108 cm³/mol. The van der Waals surface area contributed by atoms with Crippen LogP contribution in [0, 0.1) is 0 Å². The lowest BCUT2D eigenvalue weighted by molar-refractivity contribution is -0.136. The molecule has 0 fully saturated rings. The van der Waals surface area contributed by atoms with Crippen LogP contribution in [0.5, 0.6) is 5.75 Å². The molecule has 0 radical (unpaired) electrons. The molecule has 2 aromatic rings. The third-order valence-electron chi connectivity index (χ3n) is 4.57. The standard InChI is InChI=1S/C21H18BrClF2O3/c22-16-5-1-13(2-6-16)18-11-21(24,25)10-15(18)12-28-17-7-3-14(19(23)9-17)4-8-20(26)27/h1-3,5-7,9H,4,8,10-12H2,(H,26,27). The van der Waals surface area contributed by atoms with E-state index in [-0.39, 0.29) is 25.9 Å². The molecule has 2 aromatic carbocycles. The van der Waals surface area contributed by atoms with Gasteiger partial charge in [0.05, 0.1) is 0 Å². The first-order valence-corrected chi connectivity index (χ1v) is 9.88. The van der Waals surface area contributed by atoms with Crippen molar-refractivity contribution in [3.8, 4) is 5.75 Å². The number of benzene rings is 2. The number of hydrogen-bond acceptors (Lipinski definition) is 2. The smallest absolute Gasteiger partial charge is 0.303 e. The average Bonchev–Trinajstić information content (AvgIpc) is 2.94. The molecule has 0 spiro atoms. The van der Waals surface area contributed by atoms with Crippen LogP contribution in [-0.2, 0) is 11.2 Å². The van der Waals surface area contributed by atoms with Crippen LogP contribution in [0.25, 0.3) is 5.57 Å². The molecule has 0 heterocycles. The molecule has 1 aliphatic carbocycles. The van der Waals surface area contributed by atoms with Crippen molar-refractivity contribution in [2.75, 3.05) is 6.61 Å². The lowest BCUT2D eigenvalue weighted by Crippen LogP contribution is -2.11. The summed E-state index contributed by atoms with van der Waals surface area (Å²) in [6.07, 6.45) is -0.330. The molecule has 0 aromatic heterocycles. The number of ether oxygens (including phenoxy) is 1. The third kappa shape index (κ3) is 5.32. The summed E-state index contributed by atoms with van der Waals surface area (Å²) in [4.78, 5) is 10.7. The van der Waals surface area contributed by atoms with Crippen LogP contribution in [0.15, 0.2) is 52.5 Å². The molecule has 1 aliphatic rings. The molecule has 1 N–H and O–H groups in total. The van der Waals surface area contributed by atoms with Gasteiger partial charge in [0.15, 0.2) is 0 Å². The van der Waals surface area contributed by atoms with Crippen LogP contribution in [0.4, 0.5) is 8.78 Å². The van der Waals surface area contributed by atoms with Crippen molar-refractivity contribution in [2.24, 2.45) is 0 Å². The number of halogens is 4. The maximum Gasteiger partial charge on any atom is 0.303 e. The minimum Gasteiger partial charge on any atom is -0.489 e. The van der Waals surface area contributed by atoms with Gasteiger partial charge < -0.3 is 9.84 Å². The molecule has 28 heavy (non-hydrogen) atoms. The fourth-order valence-corrected chi connectivity index (χ4v) is 3.72. The van der Waals surface area contributed by atoms with Crippen molar-refractivity contribution >= 4 is 39.1 Å². The van der Waals surface area contributed by atoms with E-state index in [1.807, 2.05) is 24.3 Å². The molecule has 3 rings (SSSR count). The number of carboxylic acid groups (broad SMARTS) is 1. The SMILES string of the molecule is O=C(O)CCc1ccc(OCC2=C(c3ccc(Br)cc3)CC(F)(F)C2)cc1Cl. The number of aliphatic carboxylic acids is 1. The van der Waals surface area contributed by atoms with Gasteiger partial charge in [0, 0.05) is 28.8 Å². The van der Waals surface area contributed by atoms with Crippen molar-refractivity contribution in [1.29, 1.82) is 0 Å². The molecule has 0 bridgehead atoms. The van der Waals surface area contributed by atoms with Crippen LogP contribution < -0.4 is 4.74 Å². The highest BCUT2D eigenvalue weighted by Crippen LogP contribution is 2.44. The highest BCUT2D eigenvalue weighted by molar-refractivity contribution is 9.10. The van der Waals surface area contributed by atoms with Gasteiger partial charge >= 0.3 is 5.97 Å². The van der Waals surface area contributed by atoms with Crippen molar-refractivity contribution in [1.82, 2.24) is 0 Å². The molecule has 3 nitrogen and oxygen atoms in total. The maximum atomic E-state index is 14.0. The van der Waals surface area contributed by atoms with E-state index in [0.717, 1.165) is 10.0 Å². The average molecular weight is 472 g/mol. The zero-order valence-corrected chi connectivity index (χ0v) is 17.2. The van der Waals surface area contributed by atoms with Crippen LogP contribution in [-0.4, -0.2) is 23.6 Å². The van der Waals surface area contributed by atoms with Crippen molar-refractivity contribution in [3.63, 3.8) is 0 Å². The zero-order valence-electron chi connectivity index (χ0n) is 14.9. The Bertz CT molecular complexity index is 910. The Kier molecular flexibility index (Phi) is 6.40. The van der Waals surface area contributed by atoms with Gasteiger partial charge in [0.1, 0.15) is 12.4 Å². The molecular formula is C21H18BrClF2O3. The Morgan fingerprint density at radius 1 is 1.18 bits per heavy atom. The van der Waals surface area contributed by atoms with E-state index in [0.29, 0.717) is 33.9 Å². The first-order valence-electron chi connectivity index (χ1n) is 8.71. The number of alkyl halides is 2. The summed E-state index contributed by atoms with van der Waals surface area (Å²) in [5, 5.41) is 9.17. The van der Waals surface area contributed by atoms with E-state index in [1.165, 1.54) is 0 Å². The van der Waals surface area contributed by atoms with Crippen molar-refractivity contribution < 1.29 is 23.4 Å². The third-order valence-corrected chi connectivity index (χ3v) is 5.45. The topological polar surface area (TPSA) is 46.5 Å². The minimum absolute atomic E-state index is 0.0154. The van der Waals surface area contributed by atoms with Crippen LogP contribution in [0.3, 0.4) is 0 Å². The van der Waals surface area contributed by atoms with Gasteiger partial charge in [-0.3, -0.25) is 4.79 Å². The van der Waals surface area contributed by atoms with Gasteiger partial charge in [-0.1, -0.05) is 45.7 Å². The monoisotopic (exact) mass is 470 g/mol. The van der Waals surface area contributed by atoms with Gasteiger partial charge in [-0.25, -0.2) is 8.78 Å². The maximum absolute atomic E-state index is 14.0. The normalized spacial score (nSPS) is 15.7. The second-order valence-electron chi connectivity index (χ2n) is 6.73. The Morgan fingerprint density at radius 2 is 1.89 bits per heavy atom. The molecule has 0 unspecified atom stereocenters. The Labute approximate surface area is 175 Å². The number of hydrogen-bond donors (Lipinski definition) is 1. The van der Waals surface area contributed by atoms with Crippen LogP contribution in [0.1, 0.15) is 30.4 Å². The van der Waals surface area contributed by atoms with Gasteiger partial charge in [-0.2, -0.15) is 0 Å². The summed E-state index contributed by atoms with van der Waals surface area (Å²) in [5.41, 5.74) is 2.65. The second-order valence-corrected chi connectivity index (χ2v) is 8.06. The van der Waals surface area contributed by atoms with E-state index >= 15 is 0 Å². The molecule has 0 saturated heterocycles. The fourth-order valence-electron chi connectivity index (χ4n) is 3.19. The van der Waals surface area contributed by atoms with E-state index in [9.17, 15) is 13.6 Å². The van der Waals surface area contributed by atoms with E-state index in [4.69, 9.17) is 21.4 Å². The largest absolute Gasteiger partial charge is 0.489 e. The molecule has 0 atom stereocenters. The number of aryl methyl sites for hydroxylation is 1. The lowest BCUT2D eigenvalue weighted by Gasteiger charge is -2.11. The first-order chi connectivity index (χ1) is 13.2. The van der Waals surface area contributed by atoms with Gasteiger partial charge in [0.25, 0.3) is 5.92 Å². The van der Waals surface area contributed by atoms with Gasteiger partial charge in [0.2, 0.25) is 0 Å². The van der Waals surface area contributed by atoms with E-state index in [1.54, 1.807) is 18.2 Å². The summed E-state index contributed by atoms with van der Waals surface area (Å²) in [5.74, 6) is -3.22. The highest BCUT2D eigenvalue weighted by atomic mass is 79.9. The predicted octanol–water partition coefficient (Wildman–Crippen LogP) is 6.38. The summed E-state index contributed by atoms with van der Waals surface area (Å²) in [6, 6.07) is 12.2. The Balaban J connectivity index is 1.74. The zero-order chi connectivity index (χ0) is 20.3. The first kappa shape index (κ1) is 20.8. The van der Waals surface area contributed by atoms with E-state index < -0.39 is 11.9 Å². The number of carboxylic acids is 1. The summed E-state index contributed by atoms with van der Waals surface area (Å²) in [6.45, 7) is 0.0474. The summed E-state index contributed by atoms with van der Waals surface area (Å²) < 4.78 is 34.7. The second kappa shape index (κ2) is 8.62. The Morgan fingerprint density at radius 3 is 2.54 bits per heavy atom. The summed E-state index contributed by atoms with van der Waals surface area (Å²) in [7, 11) is 0. The molecule has 0 saturated carbocycles.